The first-order chi connectivity index (χ1) is 12.2. The van der Waals surface area contributed by atoms with E-state index in [0.717, 1.165) is 22.0 Å². The summed E-state index contributed by atoms with van der Waals surface area (Å²) in [5.41, 5.74) is 3.49. The van der Waals surface area contributed by atoms with Gasteiger partial charge in [-0.15, -0.1) is 0 Å². The van der Waals surface area contributed by atoms with Crippen LogP contribution in [0.2, 0.25) is 0 Å². The summed E-state index contributed by atoms with van der Waals surface area (Å²) in [5, 5.41) is 8.08. The smallest absolute Gasteiger partial charge is 0.133 e. The van der Waals surface area contributed by atoms with Crippen LogP contribution in [0.15, 0.2) is 60.9 Å². The zero-order chi connectivity index (χ0) is 17.2. The first kappa shape index (κ1) is 15.2. The van der Waals surface area contributed by atoms with Crippen molar-refractivity contribution in [2.75, 3.05) is 0 Å². The number of pyridine rings is 1. The molecule has 0 bridgehead atoms. The van der Waals surface area contributed by atoms with Crippen LogP contribution in [-0.4, -0.2) is 15.2 Å². The largest absolute Gasteiger partial charge is 0.277 e. The highest BCUT2D eigenvalue weighted by atomic mass is 19.1. The number of nitrogens with one attached hydrogen (secondary N) is 1. The van der Waals surface area contributed by atoms with Gasteiger partial charge >= 0.3 is 0 Å². The molecule has 0 atom stereocenters. The molecule has 2 heterocycles. The summed E-state index contributed by atoms with van der Waals surface area (Å²) in [5.74, 6) is -1.20. The number of benzene rings is 2. The van der Waals surface area contributed by atoms with Gasteiger partial charge in [0.05, 0.1) is 11.2 Å². The second-order valence-corrected chi connectivity index (χ2v) is 5.57. The SMILES string of the molecule is Fc1cccc(F)c1/C=C/c1n[nH]c2cc(-c3ccncc3)ccc12. The fourth-order valence-corrected chi connectivity index (χ4v) is 2.72. The van der Waals surface area contributed by atoms with E-state index in [0.29, 0.717) is 5.69 Å². The molecule has 0 saturated carbocycles. The molecule has 0 radical (unpaired) electrons. The number of aromatic nitrogens is 3. The second kappa shape index (κ2) is 6.28. The van der Waals surface area contributed by atoms with E-state index in [1.54, 1.807) is 18.5 Å². The van der Waals surface area contributed by atoms with Gasteiger partial charge in [-0.25, -0.2) is 8.78 Å². The normalized spacial score (nSPS) is 11.4. The Labute approximate surface area is 142 Å². The molecule has 0 amide bonds. The number of fused-ring (bicyclic) bond motifs is 1. The minimum atomic E-state index is -0.601. The van der Waals surface area contributed by atoms with Crippen LogP contribution < -0.4 is 0 Å². The van der Waals surface area contributed by atoms with Crippen LogP contribution >= 0.6 is 0 Å². The zero-order valence-corrected chi connectivity index (χ0v) is 13.1. The van der Waals surface area contributed by atoms with E-state index in [1.165, 1.54) is 24.3 Å². The van der Waals surface area contributed by atoms with Crippen molar-refractivity contribution in [3.05, 3.63) is 83.8 Å². The predicted octanol–water partition coefficient (Wildman–Crippen LogP) is 5.07. The molecule has 0 spiro atoms. The molecule has 4 aromatic rings. The summed E-state index contributed by atoms with van der Waals surface area (Å²) in [4.78, 5) is 4.01. The molecule has 0 unspecified atom stereocenters. The third kappa shape index (κ3) is 2.92. The average Bonchev–Trinajstić information content (AvgIpc) is 3.04. The number of hydrogen-bond acceptors (Lipinski definition) is 2. The Hall–Kier alpha value is -3.34. The molecule has 0 aliphatic rings. The van der Waals surface area contributed by atoms with Gasteiger partial charge in [-0.3, -0.25) is 10.1 Å². The predicted molar refractivity (Wildman–Crippen MR) is 94.6 cm³/mol. The van der Waals surface area contributed by atoms with Crippen molar-refractivity contribution in [2.24, 2.45) is 0 Å². The number of rotatable bonds is 3. The van der Waals surface area contributed by atoms with E-state index in [-0.39, 0.29) is 5.56 Å². The Kier molecular flexibility index (Phi) is 3.82. The Morgan fingerprint density at radius 2 is 1.60 bits per heavy atom. The molecular weight excluding hydrogens is 320 g/mol. The van der Waals surface area contributed by atoms with Crippen LogP contribution in [0.1, 0.15) is 11.3 Å². The number of H-pyrrole nitrogens is 1. The molecule has 0 aliphatic carbocycles. The molecule has 3 nitrogen and oxygen atoms in total. The molecule has 122 valence electrons. The van der Waals surface area contributed by atoms with E-state index in [2.05, 4.69) is 15.2 Å². The Morgan fingerprint density at radius 3 is 2.36 bits per heavy atom. The Morgan fingerprint density at radius 1 is 0.840 bits per heavy atom. The van der Waals surface area contributed by atoms with E-state index in [1.807, 2.05) is 30.3 Å². The molecule has 0 aliphatic heterocycles. The molecular formula is C20H13F2N3. The minimum absolute atomic E-state index is 0.0768. The number of hydrogen-bond donors (Lipinski definition) is 1. The maximum absolute atomic E-state index is 13.7. The molecule has 4 rings (SSSR count). The van der Waals surface area contributed by atoms with Gasteiger partial charge in [-0.2, -0.15) is 5.10 Å². The van der Waals surface area contributed by atoms with Crippen LogP contribution in [0.5, 0.6) is 0 Å². The van der Waals surface area contributed by atoms with E-state index in [4.69, 9.17) is 0 Å². The molecule has 2 aromatic heterocycles. The van der Waals surface area contributed by atoms with Crippen LogP contribution in [0.3, 0.4) is 0 Å². The van der Waals surface area contributed by atoms with Crippen LogP contribution in [0.25, 0.3) is 34.2 Å². The number of halogens is 2. The minimum Gasteiger partial charge on any atom is -0.277 e. The summed E-state index contributed by atoms with van der Waals surface area (Å²) < 4.78 is 27.4. The molecule has 5 heteroatoms. The Balaban J connectivity index is 1.71. The second-order valence-electron chi connectivity index (χ2n) is 5.57. The Bertz CT molecular complexity index is 1050. The molecule has 0 fully saturated rings. The third-order valence-electron chi connectivity index (χ3n) is 4.01. The topological polar surface area (TPSA) is 41.6 Å². The highest BCUT2D eigenvalue weighted by Crippen LogP contribution is 2.25. The molecule has 25 heavy (non-hydrogen) atoms. The average molecular weight is 333 g/mol. The van der Waals surface area contributed by atoms with Gasteiger partial charge in [0.25, 0.3) is 0 Å². The summed E-state index contributed by atoms with van der Waals surface area (Å²) in [6.45, 7) is 0. The van der Waals surface area contributed by atoms with Crippen molar-refractivity contribution in [1.29, 1.82) is 0 Å². The van der Waals surface area contributed by atoms with Crippen LogP contribution in [0.4, 0.5) is 8.78 Å². The van der Waals surface area contributed by atoms with Crippen LogP contribution in [0, 0.1) is 11.6 Å². The van der Waals surface area contributed by atoms with Crippen molar-refractivity contribution >= 4 is 23.1 Å². The lowest BCUT2D eigenvalue weighted by Crippen LogP contribution is -1.87. The van der Waals surface area contributed by atoms with Gasteiger partial charge in [0.2, 0.25) is 0 Å². The lowest BCUT2D eigenvalue weighted by Gasteiger charge is -2.01. The fourth-order valence-electron chi connectivity index (χ4n) is 2.72. The van der Waals surface area contributed by atoms with Gasteiger partial charge in [0.15, 0.2) is 0 Å². The van der Waals surface area contributed by atoms with Gasteiger partial charge in [-0.1, -0.05) is 12.1 Å². The molecule has 2 aromatic carbocycles. The quantitative estimate of drug-likeness (QED) is 0.568. The summed E-state index contributed by atoms with van der Waals surface area (Å²) in [6, 6.07) is 13.6. The fraction of sp³-hybridized carbons (Fsp3) is 0. The lowest BCUT2D eigenvalue weighted by molar-refractivity contribution is 0.579. The van der Waals surface area contributed by atoms with Crippen molar-refractivity contribution < 1.29 is 8.78 Å². The van der Waals surface area contributed by atoms with Crippen LogP contribution in [-0.2, 0) is 0 Å². The summed E-state index contributed by atoms with van der Waals surface area (Å²) in [6.07, 6.45) is 6.48. The first-order valence-electron chi connectivity index (χ1n) is 7.73. The van der Waals surface area contributed by atoms with Crippen molar-refractivity contribution in [3.8, 4) is 11.1 Å². The van der Waals surface area contributed by atoms with Gasteiger partial charge in [0.1, 0.15) is 11.6 Å². The number of nitrogens with zero attached hydrogens (tertiary/aromatic N) is 2. The zero-order valence-electron chi connectivity index (χ0n) is 13.1. The highest BCUT2D eigenvalue weighted by molar-refractivity contribution is 5.92. The lowest BCUT2D eigenvalue weighted by atomic mass is 10.0. The van der Waals surface area contributed by atoms with Gasteiger partial charge in [-0.05, 0) is 59.7 Å². The van der Waals surface area contributed by atoms with Gasteiger partial charge < -0.3 is 0 Å². The first-order valence-corrected chi connectivity index (χ1v) is 7.73. The standard InChI is InChI=1S/C20H13F2N3/c21-17-2-1-3-18(22)15(17)6-7-19-16-5-4-14(12-20(16)25-24-19)13-8-10-23-11-9-13/h1-12H,(H,24,25)/b7-6+. The van der Waals surface area contributed by atoms with E-state index >= 15 is 0 Å². The summed E-state index contributed by atoms with van der Waals surface area (Å²) >= 11 is 0. The van der Waals surface area contributed by atoms with Crippen molar-refractivity contribution in [2.45, 2.75) is 0 Å². The summed E-state index contributed by atoms with van der Waals surface area (Å²) in [7, 11) is 0. The molecule has 1 N–H and O–H groups in total. The third-order valence-corrected chi connectivity index (χ3v) is 4.01. The van der Waals surface area contributed by atoms with E-state index < -0.39 is 11.6 Å². The molecule has 0 saturated heterocycles. The highest BCUT2D eigenvalue weighted by Gasteiger charge is 2.07. The van der Waals surface area contributed by atoms with Crippen molar-refractivity contribution in [1.82, 2.24) is 15.2 Å². The monoisotopic (exact) mass is 333 g/mol. The maximum atomic E-state index is 13.7. The van der Waals surface area contributed by atoms with Crippen molar-refractivity contribution in [3.63, 3.8) is 0 Å². The van der Waals surface area contributed by atoms with Gasteiger partial charge in [0, 0.05) is 23.3 Å². The number of aromatic amines is 1. The maximum Gasteiger partial charge on any atom is 0.133 e. The van der Waals surface area contributed by atoms with E-state index in [9.17, 15) is 8.78 Å².